The maximum absolute atomic E-state index is 10.3. The monoisotopic (exact) mass is 369 g/mol. The minimum absolute atomic E-state index is 0. The van der Waals surface area contributed by atoms with E-state index in [9.17, 15) is 20.8 Å². The van der Waals surface area contributed by atoms with E-state index in [0.717, 1.165) is 0 Å². The smallest absolute Gasteiger partial charge is 0.0919 e. The first-order valence-electron chi connectivity index (χ1n) is 5.76. The Hall–Kier alpha value is -2.11. The molecule has 0 aliphatic heterocycles. The first-order chi connectivity index (χ1) is 10.3. The molecule has 0 aliphatic rings. The third-order valence-electron chi connectivity index (χ3n) is 2.15. The van der Waals surface area contributed by atoms with Gasteiger partial charge < -0.3 is 31.9 Å². The Kier molecular flexibility index (Phi) is 18.3. The maximum atomic E-state index is 10.3. The molecule has 0 aromatic carbocycles. The second-order valence-electron chi connectivity index (χ2n) is 3.66. The van der Waals surface area contributed by atoms with Crippen molar-refractivity contribution in [1.29, 1.82) is 0 Å². The quantitative estimate of drug-likeness (QED) is 0.477. The number of H-pyrrole nitrogens is 1. The minimum atomic E-state index is 0. The van der Waals surface area contributed by atoms with Gasteiger partial charge in [0.1, 0.15) is 0 Å². The SMILES string of the molecule is C/C(N[O-])=C(\C)[N+]([O-])=[Fe].CC(=N\[O-])/C(C)=N/[O-].[NH2-].c1c[nH+]c[n-]1. The summed E-state index contributed by atoms with van der Waals surface area (Å²) in [6, 6.07) is 0. The van der Waals surface area contributed by atoms with E-state index in [-0.39, 0.29) is 17.6 Å². The van der Waals surface area contributed by atoms with E-state index in [2.05, 4.69) is 36.1 Å². The van der Waals surface area contributed by atoms with E-state index < -0.39 is 0 Å². The largest absolute Gasteiger partial charge is 0.792 e. The Bertz CT molecular complexity index is 481. The average Bonchev–Trinajstić information content (AvgIpc) is 3.11. The van der Waals surface area contributed by atoms with E-state index in [1.165, 1.54) is 27.7 Å². The molecular weight excluding hydrogens is 350 g/mol. The van der Waals surface area contributed by atoms with Crippen molar-refractivity contribution < 1.29 is 24.5 Å². The molecule has 0 saturated carbocycles. The number of hydroxylamine groups is 2. The number of aromatic nitrogens is 2. The fraction of sp³-hybridized carbons (Fsp3) is 0.364. The third kappa shape index (κ3) is 14.6. The van der Waals surface area contributed by atoms with Gasteiger partial charge in [0.2, 0.25) is 0 Å². The van der Waals surface area contributed by atoms with Crippen LogP contribution in [0.15, 0.2) is 40.4 Å². The molecule has 0 radical (unpaired) electrons. The molecule has 0 unspecified atom stereocenters. The van der Waals surface area contributed by atoms with Gasteiger partial charge in [-0.25, -0.2) is 4.98 Å². The zero-order valence-electron chi connectivity index (χ0n) is 13.1. The second-order valence-corrected chi connectivity index (χ2v) is 4.11. The molecule has 1 aromatic heterocycles. The number of imidazole rings is 1. The summed E-state index contributed by atoms with van der Waals surface area (Å²) in [4.78, 5) is 6.42. The van der Waals surface area contributed by atoms with E-state index in [0.29, 0.717) is 15.1 Å². The molecule has 0 aliphatic carbocycles. The molecule has 0 saturated heterocycles. The molecule has 0 bridgehead atoms. The molecule has 1 aromatic rings. The van der Waals surface area contributed by atoms with Crippen LogP contribution in [0.25, 0.3) is 6.15 Å². The van der Waals surface area contributed by atoms with Crippen molar-refractivity contribution in [3.63, 3.8) is 0 Å². The number of nitrogens with one attached hydrogen (secondary N) is 2. The van der Waals surface area contributed by atoms with Crippen LogP contribution in [0.5, 0.6) is 0 Å². The topological polar surface area (TPSA) is 194 Å². The van der Waals surface area contributed by atoms with Gasteiger partial charge in [-0.3, -0.25) is 0 Å². The molecule has 23 heavy (non-hydrogen) atoms. The molecule has 4 N–H and O–H groups in total. The van der Waals surface area contributed by atoms with Gasteiger partial charge in [0.25, 0.3) is 0 Å². The third-order valence-corrected chi connectivity index (χ3v) is 2.53. The van der Waals surface area contributed by atoms with Crippen molar-refractivity contribution in [2.75, 3.05) is 0 Å². The van der Waals surface area contributed by atoms with Crippen molar-refractivity contribution in [3.8, 4) is 0 Å². The van der Waals surface area contributed by atoms with Crippen LogP contribution in [0.1, 0.15) is 27.7 Å². The summed E-state index contributed by atoms with van der Waals surface area (Å²) < 4.78 is 0.389. The van der Waals surface area contributed by atoms with Gasteiger partial charge in [-0.2, -0.15) is 0 Å². The van der Waals surface area contributed by atoms with Crippen LogP contribution in [0, 0.1) is 20.8 Å². The van der Waals surface area contributed by atoms with Gasteiger partial charge in [0.15, 0.2) is 0 Å². The summed E-state index contributed by atoms with van der Waals surface area (Å²) in [5, 5.41) is 44.4. The predicted octanol–water partition coefficient (Wildman–Crippen LogP) is 1.64. The summed E-state index contributed by atoms with van der Waals surface area (Å²) in [5.74, 6) is 0. The van der Waals surface area contributed by atoms with Gasteiger partial charge in [0, 0.05) is 23.8 Å². The Labute approximate surface area is 142 Å². The first kappa shape index (κ1) is 25.8. The predicted molar refractivity (Wildman–Crippen MR) is 83.1 cm³/mol. The van der Waals surface area contributed by atoms with Crippen LogP contribution in [-0.2, 0) is 15.8 Å². The van der Waals surface area contributed by atoms with Gasteiger partial charge in [-0.1, -0.05) is 0 Å². The van der Waals surface area contributed by atoms with Crippen LogP contribution in [-0.4, -0.2) is 15.1 Å². The van der Waals surface area contributed by atoms with Crippen molar-refractivity contribution >= 4 is 11.4 Å². The molecule has 0 fully saturated rings. The molecule has 0 spiro atoms. The van der Waals surface area contributed by atoms with E-state index >= 15 is 0 Å². The standard InChI is InChI=1S/C4H8N2O2.C4H7N2O2.C3H3N2.Fe.H2N/c2*1-3(5-7)4(2)6-8;1-2-5-3-4-1;;/h7-8H,1-2H3;5H,1-2H3;1-3H;;1H2/q;2*-1;;-1/p-1/b5-3+,6-4+;4-3-;;;. The van der Waals surface area contributed by atoms with Crippen molar-refractivity contribution in [2.24, 2.45) is 10.3 Å². The molecule has 1 rings (SSSR count). The summed E-state index contributed by atoms with van der Waals surface area (Å²) >= 11 is 3.05. The maximum Gasteiger partial charge on any atom is 0.0919 e. The number of aromatic amines is 1. The van der Waals surface area contributed by atoms with Crippen molar-refractivity contribution in [3.05, 3.63) is 57.1 Å². The zero-order chi connectivity index (χ0) is 17.5. The molecule has 0 amide bonds. The molecular formula is C11H19FeN7O4-4. The molecule has 1 heterocycles. The Morgan fingerprint density at radius 3 is 1.78 bits per heavy atom. The van der Waals surface area contributed by atoms with Crippen LogP contribution in [0.2, 0.25) is 0 Å². The van der Waals surface area contributed by atoms with Gasteiger partial charge in [-0.15, -0.1) is 0 Å². The summed E-state index contributed by atoms with van der Waals surface area (Å²) in [6.45, 7) is 5.89. The Morgan fingerprint density at radius 2 is 1.65 bits per heavy atom. The van der Waals surface area contributed by atoms with E-state index in [1.54, 1.807) is 24.2 Å². The van der Waals surface area contributed by atoms with Crippen LogP contribution < -0.4 is 15.4 Å². The van der Waals surface area contributed by atoms with E-state index in [1.807, 2.05) is 0 Å². The van der Waals surface area contributed by atoms with Crippen molar-refractivity contribution in [1.82, 2.24) is 10.5 Å². The number of allylic oxidation sites excluding steroid dienone is 2. The van der Waals surface area contributed by atoms with Crippen molar-refractivity contribution in [2.45, 2.75) is 27.7 Å². The molecule has 134 valence electrons. The number of rotatable bonds is 3. The fourth-order valence-corrected chi connectivity index (χ4v) is 0.734. The number of hydrogen-bond acceptors (Lipinski definition) is 7. The molecule has 12 heteroatoms. The van der Waals surface area contributed by atoms with Gasteiger partial charge in [0.05, 0.1) is 6.33 Å². The fourth-order valence-electron chi connectivity index (χ4n) is 0.549. The van der Waals surface area contributed by atoms with Crippen LogP contribution in [0.3, 0.4) is 0 Å². The van der Waals surface area contributed by atoms with Gasteiger partial charge in [-0.05, 0) is 13.8 Å². The molecule has 0 atom stereocenters. The van der Waals surface area contributed by atoms with Crippen LogP contribution >= 0.6 is 0 Å². The summed E-state index contributed by atoms with van der Waals surface area (Å²) in [7, 11) is 0. The second kappa shape index (κ2) is 16.3. The summed E-state index contributed by atoms with van der Waals surface area (Å²) in [6.07, 6.45) is 5.08. The summed E-state index contributed by atoms with van der Waals surface area (Å²) in [5.41, 5.74) is 2.46. The number of hydrogen-bond donors (Lipinski definition) is 1. The Balaban J connectivity index is -0.000000263. The minimum Gasteiger partial charge on any atom is -0.792 e. The first-order valence-corrected chi connectivity index (χ1v) is 6.25. The number of nitrogens with two attached hydrogens (primary N) is 1. The normalized spacial score (nSPS) is 11.6. The van der Waals surface area contributed by atoms with E-state index in [4.69, 9.17) is 0 Å². The molecule has 11 nitrogen and oxygen atoms in total. The average molecular weight is 369 g/mol. The zero-order valence-corrected chi connectivity index (χ0v) is 14.2. The number of nitrogens with zero attached hydrogens (tertiary/aromatic N) is 4. The van der Waals surface area contributed by atoms with Crippen LogP contribution in [0.4, 0.5) is 0 Å². The Morgan fingerprint density at radius 1 is 1.17 bits per heavy atom. The van der Waals surface area contributed by atoms with Gasteiger partial charge >= 0.3 is 60.7 Å².